The van der Waals surface area contributed by atoms with E-state index in [0.717, 1.165) is 39.0 Å². The van der Waals surface area contributed by atoms with Crippen LogP contribution in [0.15, 0.2) is 47.9 Å². The summed E-state index contributed by atoms with van der Waals surface area (Å²) >= 11 is 1.46. The highest BCUT2D eigenvalue weighted by molar-refractivity contribution is 7.25. The summed E-state index contributed by atoms with van der Waals surface area (Å²) in [6.07, 6.45) is 13.4. The zero-order valence-corrected chi connectivity index (χ0v) is 14.6. The third kappa shape index (κ3) is 2.32. The lowest BCUT2D eigenvalue weighted by atomic mass is 9.95. The molecule has 25 heavy (non-hydrogen) atoms. The lowest BCUT2D eigenvalue weighted by Gasteiger charge is -2.23. The molecule has 1 fully saturated rings. The van der Waals surface area contributed by atoms with E-state index in [1.165, 1.54) is 30.6 Å². The predicted molar refractivity (Wildman–Crippen MR) is 101 cm³/mol. The minimum absolute atomic E-state index is 0.0818. The highest BCUT2D eigenvalue weighted by atomic mass is 32.1. The molecule has 5 nitrogen and oxygen atoms in total. The van der Waals surface area contributed by atoms with Crippen molar-refractivity contribution in [2.75, 3.05) is 0 Å². The van der Waals surface area contributed by atoms with Crippen LogP contribution in [0.1, 0.15) is 38.1 Å². The highest BCUT2D eigenvalue weighted by Gasteiger charge is 2.20. The number of hydrogen-bond donors (Lipinski definition) is 0. The van der Waals surface area contributed by atoms with Crippen molar-refractivity contribution in [3.63, 3.8) is 0 Å². The summed E-state index contributed by atoms with van der Waals surface area (Å²) in [6, 6.07) is 6.25. The molecule has 0 aromatic carbocycles. The monoisotopic (exact) mass is 350 g/mol. The molecule has 0 radical (unpaired) electrons. The van der Waals surface area contributed by atoms with Crippen molar-refractivity contribution in [3.05, 3.63) is 53.5 Å². The molecule has 1 aliphatic rings. The molecule has 126 valence electrons. The number of nitrogens with zero attached hydrogens (tertiary/aromatic N) is 4. The van der Waals surface area contributed by atoms with Gasteiger partial charge < -0.3 is 4.57 Å². The molecule has 5 rings (SSSR count). The number of pyridine rings is 1. The summed E-state index contributed by atoms with van der Waals surface area (Å²) in [7, 11) is 0. The smallest absolute Gasteiger partial charge is 0.271 e. The molecular formula is C19H18N4OS. The summed E-state index contributed by atoms with van der Waals surface area (Å²) in [5.41, 5.74) is 1.87. The number of fused-ring (bicyclic) bond motifs is 3. The third-order valence-electron chi connectivity index (χ3n) is 5.14. The molecule has 0 amide bonds. The maximum Gasteiger partial charge on any atom is 0.271 e. The Hall–Kier alpha value is -2.47. The number of hydrogen-bond acceptors (Lipinski definition) is 4. The zero-order valence-electron chi connectivity index (χ0n) is 13.8. The first-order chi connectivity index (χ1) is 12.3. The van der Waals surface area contributed by atoms with Crippen LogP contribution in [-0.2, 0) is 0 Å². The normalized spacial score (nSPS) is 16.0. The lowest BCUT2D eigenvalue weighted by molar-refractivity contribution is 0.345. The van der Waals surface area contributed by atoms with Gasteiger partial charge in [-0.2, -0.15) is 0 Å². The van der Waals surface area contributed by atoms with E-state index in [-0.39, 0.29) is 5.56 Å². The fraction of sp³-hybridized carbons (Fsp3) is 0.316. The Labute approximate surface area is 148 Å². The maximum atomic E-state index is 13.1. The van der Waals surface area contributed by atoms with Gasteiger partial charge in [0.2, 0.25) is 0 Å². The minimum Gasteiger partial charge on any atom is -0.323 e. The molecule has 1 aliphatic carbocycles. The molecule has 0 N–H and O–H groups in total. The molecule has 0 atom stereocenters. The van der Waals surface area contributed by atoms with Crippen LogP contribution in [0.5, 0.6) is 0 Å². The maximum absolute atomic E-state index is 13.1. The van der Waals surface area contributed by atoms with E-state index in [9.17, 15) is 4.79 Å². The Kier molecular flexibility index (Phi) is 3.45. The molecule has 1 saturated carbocycles. The van der Waals surface area contributed by atoms with Gasteiger partial charge in [-0.25, -0.2) is 9.97 Å². The van der Waals surface area contributed by atoms with Gasteiger partial charge in [0.1, 0.15) is 9.53 Å². The van der Waals surface area contributed by atoms with Crippen molar-refractivity contribution in [1.82, 2.24) is 19.1 Å². The second kappa shape index (κ2) is 5.81. The molecule has 4 heterocycles. The van der Waals surface area contributed by atoms with E-state index < -0.39 is 0 Å². The van der Waals surface area contributed by atoms with Crippen molar-refractivity contribution in [3.8, 4) is 5.69 Å². The molecule has 0 unspecified atom stereocenters. The molecule has 0 bridgehead atoms. The Bertz CT molecular complexity index is 1100. The first-order valence-corrected chi connectivity index (χ1v) is 9.56. The van der Waals surface area contributed by atoms with E-state index in [0.29, 0.717) is 6.04 Å². The van der Waals surface area contributed by atoms with E-state index in [2.05, 4.69) is 4.98 Å². The van der Waals surface area contributed by atoms with Crippen LogP contribution >= 0.6 is 11.3 Å². The van der Waals surface area contributed by atoms with Gasteiger partial charge in [0, 0.05) is 24.6 Å². The van der Waals surface area contributed by atoms with Crippen LogP contribution in [0.3, 0.4) is 0 Å². The summed E-state index contributed by atoms with van der Waals surface area (Å²) in [5, 5.41) is 0.964. The van der Waals surface area contributed by atoms with Gasteiger partial charge in [-0.15, -0.1) is 11.3 Å². The molecule has 0 saturated heterocycles. The van der Waals surface area contributed by atoms with E-state index >= 15 is 0 Å². The average molecular weight is 350 g/mol. The first kappa shape index (κ1) is 14.8. The number of rotatable bonds is 2. The molecule has 4 aromatic rings. The van der Waals surface area contributed by atoms with Gasteiger partial charge in [0.25, 0.3) is 5.56 Å². The zero-order chi connectivity index (χ0) is 16.8. The van der Waals surface area contributed by atoms with E-state index in [1.807, 2.05) is 39.7 Å². The van der Waals surface area contributed by atoms with Gasteiger partial charge in [0.15, 0.2) is 0 Å². The molecule has 4 aromatic heterocycles. The SMILES string of the molecule is O=c1c2sc3nccc(-n4cccc4)c3c2ncn1C1CCCCC1. The molecular weight excluding hydrogens is 332 g/mol. The fourth-order valence-corrected chi connectivity index (χ4v) is 4.93. The van der Waals surface area contributed by atoms with Gasteiger partial charge in [-0.05, 0) is 31.0 Å². The first-order valence-electron chi connectivity index (χ1n) is 8.74. The van der Waals surface area contributed by atoms with Crippen LogP contribution in [0.2, 0.25) is 0 Å². The Morgan fingerprint density at radius 3 is 2.68 bits per heavy atom. The van der Waals surface area contributed by atoms with Crippen LogP contribution in [0.4, 0.5) is 0 Å². The second-order valence-corrected chi connectivity index (χ2v) is 7.63. The van der Waals surface area contributed by atoms with Crippen molar-refractivity contribution in [2.45, 2.75) is 38.1 Å². The van der Waals surface area contributed by atoms with Crippen molar-refractivity contribution in [1.29, 1.82) is 0 Å². The lowest BCUT2D eigenvalue weighted by Crippen LogP contribution is -2.26. The van der Waals surface area contributed by atoms with Gasteiger partial charge in [-0.3, -0.25) is 9.36 Å². The summed E-state index contributed by atoms with van der Waals surface area (Å²) in [4.78, 5) is 23.1. The predicted octanol–water partition coefficient (Wildman–Crippen LogP) is 4.30. The minimum atomic E-state index is 0.0818. The van der Waals surface area contributed by atoms with Crippen LogP contribution in [0.25, 0.3) is 26.1 Å². The van der Waals surface area contributed by atoms with Crippen LogP contribution < -0.4 is 5.56 Å². The van der Waals surface area contributed by atoms with Crippen molar-refractivity contribution < 1.29 is 0 Å². The Morgan fingerprint density at radius 1 is 1.08 bits per heavy atom. The average Bonchev–Trinajstić information content (AvgIpc) is 3.31. The summed E-state index contributed by atoms with van der Waals surface area (Å²) < 4.78 is 4.62. The van der Waals surface area contributed by atoms with Gasteiger partial charge in [-0.1, -0.05) is 19.3 Å². The second-order valence-electron chi connectivity index (χ2n) is 6.63. The van der Waals surface area contributed by atoms with E-state index in [1.54, 1.807) is 12.5 Å². The fourth-order valence-electron chi connectivity index (χ4n) is 3.88. The van der Waals surface area contributed by atoms with Crippen LogP contribution in [0, 0.1) is 0 Å². The summed E-state index contributed by atoms with van der Waals surface area (Å²) in [6.45, 7) is 0. The third-order valence-corrected chi connectivity index (χ3v) is 6.21. The molecule has 6 heteroatoms. The Morgan fingerprint density at radius 2 is 1.88 bits per heavy atom. The summed E-state index contributed by atoms with van der Waals surface area (Å²) in [5.74, 6) is 0. The van der Waals surface area contributed by atoms with Crippen molar-refractivity contribution in [2.24, 2.45) is 0 Å². The van der Waals surface area contributed by atoms with Gasteiger partial charge >= 0.3 is 0 Å². The largest absolute Gasteiger partial charge is 0.323 e. The molecule has 0 aliphatic heterocycles. The topological polar surface area (TPSA) is 52.7 Å². The molecule has 0 spiro atoms. The van der Waals surface area contributed by atoms with E-state index in [4.69, 9.17) is 4.98 Å². The number of aromatic nitrogens is 4. The van der Waals surface area contributed by atoms with Gasteiger partial charge in [0.05, 0.1) is 22.9 Å². The van der Waals surface area contributed by atoms with Crippen LogP contribution in [-0.4, -0.2) is 19.1 Å². The Balaban J connectivity index is 1.76. The quantitative estimate of drug-likeness (QED) is 0.541. The highest BCUT2D eigenvalue weighted by Crippen LogP contribution is 2.34. The standard InChI is InChI=1S/C19H18N4OS/c24-19-17-16(21-12-23(19)13-6-2-1-3-7-13)15-14(22-10-4-5-11-22)8-9-20-18(15)25-17/h4-5,8-13H,1-3,6-7H2. The van der Waals surface area contributed by atoms with Crippen molar-refractivity contribution >= 4 is 31.8 Å². The number of thiophene rings is 1.